The smallest absolute Gasteiger partial charge is 0.419 e. The fourth-order valence-corrected chi connectivity index (χ4v) is 3.86. The van der Waals surface area contributed by atoms with Crippen molar-refractivity contribution in [1.82, 2.24) is 20.0 Å². The molecule has 0 aliphatic carbocycles. The number of rotatable bonds is 6. The Morgan fingerprint density at radius 3 is 2.34 bits per heavy atom. The first-order valence-electron chi connectivity index (χ1n) is 10.6. The Labute approximate surface area is 204 Å². The van der Waals surface area contributed by atoms with E-state index in [1.54, 1.807) is 7.05 Å². The lowest BCUT2D eigenvalue weighted by Crippen LogP contribution is -2.54. The summed E-state index contributed by atoms with van der Waals surface area (Å²) >= 11 is 0. The van der Waals surface area contributed by atoms with Gasteiger partial charge in [-0.05, 0) is 25.0 Å². The summed E-state index contributed by atoms with van der Waals surface area (Å²) in [7, 11) is 1.67. The second kappa shape index (κ2) is 12.5. The molecule has 32 heavy (non-hydrogen) atoms. The number of carbonyl (C=O) groups is 1. The van der Waals surface area contributed by atoms with Crippen LogP contribution in [0.4, 0.5) is 13.2 Å². The zero-order valence-corrected chi connectivity index (χ0v) is 20.6. The standard InChI is InChI=1S/C21H30F3N5O2.HI/c1-25-20(26-8-15-31-18-7-3-2-6-17(18)21(22,23)24)29-13-11-27(12-14-29)16-19(30)28-9-4-5-10-28;/h2-3,6-7H,4-5,8-16H2,1H3,(H,25,26);1H. The van der Waals surface area contributed by atoms with Crippen LogP contribution in [0.3, 0.4) is 0 Å². The molecule has 0 spiro atoms. The first-order valence-corrected chi connectivity index (χ1v) is 10.6. The molecule has 0 saturated carbocycles. The zero-order chi connectivity index (χ0) is 22.3. The van der Waals surface area contributed by atoms with E-state index in [9.17, 15) is 18.0 Å². The van der Waals surface area contributed by atoms with Crippen LogP contribution >= 0.6 is 24.0 Å². The summed E-state index contributed by atoms with van der Waals surface area (Å²) in [6.07, 6.45) is -2.27. The Kier molecular flexibility index (Phi) is 10.3. The fraction of sp³-hybridized carbons (Fsp3) is 0.619. The van der Waals surface area contributed by atoms with Crippen molar-refractivity contribution >= 4 is 35.8 Å². The maximum Gasteiger partial charge on any atom is 0.419 e. The third-order valence-electron chi connectivity index (χ3n) is 5.54. The van der Waals surface area contributed by atoms with Crippen LogP contribution in [0.1, 0.15) is 18.4 Å². The molecule has 2 aliphatic rings. The van der Waals surface area contributed by atoms with Crippen molar-refractivity contribution in [2.75, 3.05) is 66.0 Å². The van der Waals surface area contributed by atoms with E-state index in [0.717, 1.165) is 58.2 Å². The van der Waals surface area contributed by atoms with Crippen molar-refractivity contribution < 1.29 is 22.7 Å². The molecule has 2 saturated heterocycles. The monoisotopic (exact) mass is 569 g/mol. The van der Waals surface area contributed by atoms with Gasteiger partial charge in [-0.2, -0.15) is 13.2 Å². The van der Waals surface area contributed by atoms with Gasteiger partial charge in [0.05, 0.1) is 18.7 Å². The number of piperazine rings is 1. The van der Waals surface area contributed by atoms with Crippen LogP contribution in [-0.4, -0.2) is 92.6 Å². The number of guanidine groups is 1. The molecule has 0 atom stereocenters. The number of alkyl halides is 3. The normalized spacial score (nSPS) is 17.8. The van der Waals surface area contributed by atoms with Crippen molar-refractivity contribution in [2.24, 2.45) is 4.99 Å². The highest BCUT2D eigenvalue weighted by Crippen LogP contribution is 2.35. The van der Waals surface area contributed by atoms with Gasteiger partial charge in [0, 0.05) is 46.3 Å². The van der Waals surface area contributed by atoms with Gasteiger partial charge in [0.25, 0.3) is 0 Å². The second-order valence-corrected chi connectivity index (χ2v) is 7.67. The van der Waals surface area contributed by atoms with Gasteiger partial charge in [-0.25, -0.2) is 0 Å². The molecule has 1 N–H and O–H groups in total. The SMILES string of the molecule is CN=C(NCCOc1ccccc1C(F)(F)F)N1CCN(CC(=O)N2CCCC2)CC1.I. The van der Waals surface area contributed by atoms with Crippen LogP contribution in [0.15, 0.2) is 29.3 Å². The molecule has 180 valence electrons. The van der Waals surface area contributed by atoms with E-state index in [2.05, 4.69) is 20.1 Å². The Balaban J connectivity index is 0.00000363. The number of likely N-dealkylation sites (tertiary alicyclic amines) is 1. The molecule has 2 heterocycles. The van der Waals surface area contributed by atoms with Crippen molar-refractivity contribution in [3.8, 4) is 5.75 Å². The molecule has 7 nitrogen and oxygen atoms in total. The number of hydrogen-bond donors (Lipinski definition) is 1. The third-order valence-corrected chi connectivity index (χ3v) is 5.54. The Morgan fingerprint density at radius 2 is 1.72 bits per heavy atom. The number of halogens is 4. The molecule has 1 aromatic carbocycles. The molecule has 1 amide bonds. The van der Waals surface area contributed by atoms with Crippen molar-refractivity contribution in [1.29, 1.82) is 0 Å². The van der Waals surface area contributed by atoms with Crippen molar-refractivity contribution in [3.63, 3.8) is 0 Å². The van der Waals surface area contributed by atoms with E-state index in [1.165, 1.54) is 18.2 Å². The number of amides is 1. The summed E-state index contributed by atoms with van der Waals surface area (Å²) in [5, 5.41) is 3.14. The number of carbonyl (C=O) groups excluding carboxylic acids is 1. The first kappa shape index (κ1) is 26.5. The lowest BCUT2D eigenvalue weighted by Gasteiger charge is -2.36. The number of benzene rings is 1. The van der Waals surface area contributed by atoms with Gasteiger partial charge >= 0.3 is 6.18 Å². The minimum atomic E-state index is -4.45. The number of ether oxygens (including phenoxy) is 1. The molecule has 1 aromatic rings. The van der Waals surface area contributed by atoms with Gasteiger partial charge in [0.2, 0.25) is 5.91 Å². The molecule has 11 heteroatoms. The minimum Gasteiger partial charge on any atom is -0.491 e. The van der Waals surface area contributed by atoms with Gasteiger partial charge in [0.1, 0.15) is 12.4 Å². The number of aliphatic imine (C=N–C) groups is 1. The van der Waals surface area contributed by atoms with Crippen LogP contribution in [0.5, 0.6) is 5.75 Å². The maximum absolute atomic E-state index is 13.0. The number of nitrogens with zero attached hydrogens (tertiary/aromatic N) is 4. The lowest BCUT2D eigenvalue weighted by atomic mass is 10.2. The van der Waals surface area contributed by atoms with Crippen LogP contribution in [0, 0.1) is 0 Å². The highest BCUT2D eigenvalue weighted by atomic mass is 127. The number of hydrogen-bond acceptors (Lipinski definition) is 4. The third kappa shape index (κ3) is 7.39. The first-order chi connectivity index (χ1) is 14.9. The molecular weight excluding hydrogens is 538 g/mol. The topological polar surface area (TPSA) is 60.4 Å². The summed E-state index contributed by atoms with van der Waals surface area (Å²) in [5.41, 5.74) is -0.779. The summed E-state index contributed by atoms with van der Waals surface area (Å²) in [5.74, 6) is 0.700. The fourth-order valence-electron chi connectivity index (χ4n) is 3.86. The molecule has 0 radical (unpaired) electrons. The zero-order valence-electron chi connectivity index (χ0n) is 18.2. The minimum absolute atomic E-state index is 0. The summed E-state index contributed by atoms with van der Waals surface area (Å²) in [6.45, 7) is 5.56. The largest absolute Gasteiger partial charge is 0.491 e. The summed E-state index contributed by atoms with van der Waals surface area (Å²) < 4.78 is 44.4. The van der Waals surface area contributed by atoms with Gasteiger partial charge in [-0.15, -0.1) is 24.0 Å². The van der Waals surface area contributed by atoms with Crippen LogP contribution in [-0.2, 0) is 11.0 Å². The average molecular weight is 569 g/mol. The van der Waals surface area contributed by atoms with Crippen LogP contribution in [0.25, 0.3) is 0 Å². The number of para-hydroxylation sites is 1. The Morgan fingerprint density at radius 1 is 1.06 bits per heavy atom. The van der Waals surface area contributed by atoms with E-state index in [4.69, 9.17) is 4.74 Å². The summed E-state index contributed by atoms with van der Waals surface area (Å²) in [6, 6.07) is 5.19. The quantitative estimate of drug-likeness (QED) is 0.247. The van der Waals surface area contributed by atoms with Gasteiger partial charge < -0.3 is 19.9 Å². The lowest BCUT2D eigenvalue weighted by molar-refractivity contribution is -0.139. The van der Waals surface area contributed by atoms with Crippen molar-refractivity contribution in [3.05, 3.63) is 29.8 Å². The van der Waals surface area contributed by atoms with Gasteiger partial charge in [0.15, 0.2) is 5.96 Å². The second-order valence-electron chi connectivity index (χ2n) is 7.67. The van der Waals surface area contributed by atoms with E-state index < -0.39 is 11.7 Å². The van der Waals surface area contributed by atoms with Gasteiger partial charge in [-0.1, -0.05) is 12.1 Å². The predicted molar refractivity (Wildman–Crippen MR) is 128 cm³/mol. The maximum atomic E-state index is 13.0. The van der Waals surface area contributed by atoms with Crippen LogP contribution < -0.4 is 10.1 Å². The van der Waals surface area contributed by atoms with E-state index in [-0.39, 0.29) is 42.2 Å². The molecule has 2 fully saturated rings. The highest BCUT2D eigenvalue weighted by molar-refractivity contribution is 14.0. The Hall–Kier alpha value is -1.76. The molecule has 3 rings (SSSR count). The number of nitrogens with one attached hydrogen (secondary N) is 1. The van der Waals surface area contributed by atoms with Crippen molar-refractivity contribution in [2.45, 2.75) is 19.0 Å². The van der Waals surface area contributed by atoms with Crippen LogP contribution in [0.2, 0.25) is 0 Å². The molecule has 0 aromatic heterocycles. The molecular formula is C21H31F3IN5O2. The molecule has 0 bridgehead atoms. The van der Waals surface area contributed by atoms with Gasteiger partial charge in [-0.3, -0.25) is 14.7 Å². The van der Waals surface area contributed by atoms with E-state index >= 15 is 0 Å². The predicted octanol–water partition coefficient (Wildman–Crippen LogP) is 2.52. The summed E-state index contributed by atoms with van der Waals surface area (Å²) in [4.78, 5) is 22.7. The molecule has 2 aliphatic heterocycles. The highest BCUT2D eigenvalue weighted by Gasteiger charge is 2.34. The van der Waals surface area contributed by atoms with E-state index in [0.29, 0.717) is 19.0 Å². The molecule has 0 unspecified atom stereocenters. The Bertz CT molecular complexity index is 764. The average Bonchev–Trinajstić information content (AvgIpc) is 3.29. The van der Waals surface area contributed by atoms with E-state index in [1.807, 2.05) is 4.90 Å².